The van der Waals surface area contributed by atoms with Crippen molar-refractivity contribution in [2.24, 2.45) is 0 Å². The fraction of sp³-hybridized carbons (Fsp3) is 0.421. The van der Waals surface area contributed by atoms with Crippen LogP contribution in [0.3, 0.4) is 0 Å². The molecule has 7 nitrogen and oxygen atoms in total. The van der Waals surface area contributed by atoms with Gasteiger partial charge in [-0.15, -0.1) is 0 Å². The van der Waals surface area contributed by atoms with Crippen molar-refractivity contribution in [1.29, 1.82) is 0 Å². The summed E-state index contributed by atoms with van der Waals surface area (Å²) in [6.45, 7) is 6.45. The second-order valence-electron chi connectivity index (χ2n) is 6.96. The van der Waals surface area contributed by atoms with Crippen LogP contribution in [-0.4, -0.2) is 51.4 Å². The third-order valence-electron chi connectivity index (χ3n) is 4.84. The number of nitrogens with one attached hydrogen (secondary N) is 2. The van der Waals surface area contributed by atoms with Gasteiger partial charge in [0.05, 0.1) is 43.9 Å². The average molecular weight is 393 g/mol. The van der Waals surface area contributed by atoms with Crippen molar-refractivity contribution in [3.63, 3.8) is 0 Å². The van der Waals surface area contributed by atoms with E-state index in [1.54, 1.807) is 18.4 Å². The van der Waals surface area contributed by atoms with Crippen LogP contribution in [0.4, 0.5) is 0 Å². The Morgan fingerprint density at radius 3 is 2.63 bits per heavy atom. The molecule has 2 aromatic rings. The van der Waals surface area contributed by atoms with Crippen molar-refractivity contribution in [3.05, 3.63) is 53.5 Å². The third kappa shape index (κ3) is 4.77. The van der Waals surface area contributed by atoms with Crippen molar-refractivity contribution >= 4 is 15.9 Å². The molecule has 1 aromatic carbocycles. The Labute approximate surface area is 160 Å². The number of sulfonamides is 1. The Morgan fingerprint density at radius 1 is 1.22 bits per heavy atom. The highest BCUT2D eigenvalue weighted by molar-refractivity contribution is 7.89. The molecule has 1 aromatic heterocycles. The van der Waals surface area contributed by atoms with Crippen molar-refractivity contribution < 1.29 is 22.5 Å². The number of quaternary nitrogens is 1. The Bertz CT molecular complexity index is 886. The summed E-state index contributed by atoms with van der Waals surface area (Å²) in [7, 11) is -3.50. The predicted molar refractivity (Wildman–Crippen MR) is 101 cm³/mol. The number of hydrogen-bond acceptors (Lipinski definition) is 4. The zero-order valence-corrected chi connectivity index (χ0v) is 16.5. The van der Waals surface area contributed by atoms with Crippen molar-refractivity contribution in [2.75, 3.05) is 32.7 Å². The Kier molecular flexibility index (Phi) is 5.98. The summed E-state index contributed by atoms with van der Waals surface area (Å²) < 4.78 is 32.6. The van der Waals surface area contributed by atoms with Gasteiger partial charge in [-0.05, 0) is 43.2 Å². The minimum atomic E-state index is -3.50. The molecule has 146 valence electrons. The molecule has 0 bridgehead atoms. The molecule has 1 fully saturated rings. The van der Waals surface area contributed by atoms with E-state index in [1.165, 1.54) is 4.31 Å². The first kappa shape index (κ1) is 19.6. The van der Waals surface area contributed by atoms with Crippen LogP contribution in [0.15, 0.2) is 45.9 Å². The molecule has 0 atom stereocenters. The van der Waals surface area contributed by atoms with E-state index >= 15 is 0 Å². The normalized spacial score (nSPS) is 16.4. The molecular formula is C19H26N3O4S+. The van der Waals surface area contributed by atoms with Crippen LogP contribution in [0.25, 0.3) is 0 Å². The zero-order chi connectivity index (χ0) is 19.4. The van der Waals surface area contributed by atoms with Crippen molar-refractivity contribution in [1.82, 2.24) is 9.62 Å². The number of amides is 1. The van der Waals surface area contributed by atoms with E-state index in [2.05, 4.69) is 5.32 Å². The topological polar surface area (TPSA) is 84.1 Å². The lowest BCUT2D eigenvalue weighted by molar-refractivity contribution is -0.895. The van der Waals surface area contributed by atoms with E-state index in [1.807, 2.05) is 32.0 Å². The van der Waals surface area contributed by atoms with Gasteiger partial charge < -0.3 is 14.6 Å². The number of piperazine rings is 1. The molecule has 1 aliphatic heterocycles. The molecule has 2 N–H and O–H groups in total. The first-order valence-electron chi connectivity index (χ1n) is 9.06. The first-order valence-corrected chi connectivity index (χ1v) is 10.5. The first-order chi connectivity index (χ1) is 12.9. The van der Waals surface area contributed by atoms with Crippen LogP contribution in [-0.2, 0) is 21.4 Å². The smallest absolute Gasteiger partial charge is 0.275 e. The van der Waals surface area contributed by atoms with Crippen LogP contribution in [0.5, 0.6) is 0 Å². The van der Waals surface area contributed by atoms with E-state index < -0.39 is 10.0 Å². The predicted octanol–water partition coefficient (Wildman–Crippen LogP) is 0.102. The Balaban J connectivity index is 1.53. The van der Waals surface area contributed by atoms with Gasteiger partial charge >= 0.3 is 0 Å². The number of carbonyl (C=O) groups is 1. The fourth-order valence-corrected chi connectivity index (χ4v) is 4.98. The van der Waals surface area contributed by atoms with Gasteiger partial charge in [-0.2, -0.15) is 4.31 Å². The highest BCUT2D eigenvalue weighted by Crippen LogP contribution is 2.21. The monoisotopic (exact) mass is 392 g/mol. The molecule has 0 spiro atoms. The maximum atomic E-state index is 12.9. The molecule has 1 amide bonds. The molecule has 1 aliphatic rings. The van der Waals surface area contributed by atoms with Crippen molar-refractivity contribution in [3.8, 4) is 0 Å². The van der Waals surface area contributed by atoms with Crippen LogP contribution in [0, 0.1) is 13.8 Å². The van der Waals surface area contributed by atoms with E-state index in [0.717, 1.165) is 16.0 Å². The van der Waals surface area contributed by atoms with Crippen LogP contribution in [0.1, 0.15) is 16.9 Å². The molecule has 8 heteroatoms. The summed E-state index contributed by atoms with van der Waals surface area (Å²) in [5, 5.41) is 2.83. The number of nitrogens with zero attached hydrogens (tertiary/aromatic N) is 1. The van der Waals surface area contributed by atoms with Gasteiger partial charge in [0, 0.05) is 0 Å². The molecule has 1 saturated heterocycles. The van der Waals surface area contributed by atoms with Crippen molar-refractivity contribution in [2.45, 2.75) is 25.3 Å². The molecule has 0 radical (unpaired) electrons. The van der Waals surface area contributed by atoms with Gasteiger partial charge in [0.15, 0.2) is 6.54 Å². The second-order valence-corrected chi connectivity index (χ2v) is 8.86. The number of carbonyl (C=O) groups excluding carboxylic acids is 1. The number of benzene rings is 1. The van der Waals surface area contributed by atoms with Crippen LogP contribution < -0.4 is 10.2 Å². The Hall–Kier alpha value is -2.16. The maximum Gasteiger partial charge on any atom is 0.275 e. The lowest BCUT2D eigenvalue weighted by Crippen LogP contribution is -3.15. The van der Waals surface area contributed by atoms with E-state index in [0.29, 0.717) is 49.9 Å². The van der Waals surface area contributed by atoms with E-state index in [-0.39, 0.29) is 5.91 Å². The molecule has 0 aliphatic carbocycles. The number of hydrogen-bond donors (Lipinski definition) is 2. The standard InChI is InChI=1S/C19H25N3O4S/c1-15-5-6-16(2)18(12-15)27(24,25)22-9-7-21(8-10-22)14-19(23)20-13-17-4-3-11-26-17/h3-6,11-12H,7-10,13-14H2,1-2H3,(H,20,23)/p+1. The fourth-order valence-electron chi connectivity index (χ4n) is 3.23. The second kappa shape index (κ2) is 8.24. The minimum Gasteiger partial charge on any atom is -0.467 e. The summed E-state index contributed by atoms with van der Waals surface area (Å²) in [5.41, 5.74) is 1.68. The highest BCUT2D eigenvalue weighted by Gasteiger charge is 2.32. The van der Waals surface area contributed by atoms with Gasteiger partial charge in [-0.1, -0.05) is 12.1 Å². The molecule has 0 saturated carbocycles. The lowest BCUT2D eigenvalue weighted by Gasteiger charge is -2.31. The largest absolute Gasteiger partial charge is 0.467 e. The van der Waals surface area contributed by atoms with E-state index in [4.69, 9.17) is 4.42 Å². The van der Waals surface area contributed by atoms with Gasteiger partial charge in [-0.25, -0.2) is 8.42 Å². The Morgan fingerprint density at radius 2 is 1.96 bits per heavy atom. The van der Waals surface area contributed by atoms with Crippen LogP contribution in [0.2, 0.25) is 0 Å². The summed E-state index contributed by atoms with van der Waals surface area (Å²) in [6.07, 6.45) is 1.57. The molecule has 27 heavy (non-hydrogen) atoms. The van der Waals surface area contributed by atoms with Gasteiger partial charge in [-0.3, -0.25) is 4.79 Å². The lowest BCUT2D eigenvalue weighted by atomic mass is 10.2. The number of aryl methyl sites for hydroxylation is 2. The van der Waals surface area contributed by atoms with Gasteiger partial charge in [0.25, 0.3) is 5.91 Å². The summed E-state index contributed by atoms with van der Waals surface area (Å²) >= 11 is 0. The average Bonchev–Trinajstić information content (AvgIpc) is 3.16. The summed E-state index contributed by atoms with van der Waals surface area (Å²) in [4.78, 5) is 13.5. The maximum absolute atomic E-state index is 12.9. The molecule has 3 rings (SSSR count). The number of rotatable bonds is 6. The third-order valence-corrected chi connectivity index (χ3v) is 6.88. The number of furan rings is 1. The molecular weight excluding hydrogens is 366 g/mol. The summed E-state index contributed by atoms with van der Waals surface area (Å²) in [5.74, 6) is 0.648. The highest BCUT2D eigenvalue weighted by atomic mass is 32.2. The minimum absolute atomic E-state index is 0.0627. The SMILES string of the molecule is Cc1ccc(C)c(S(=O)(=O)N2CC[NH+](CC(=O)NCc3ccco3)CC2)c1. The van der Waals surface area contributed by atoms with E-state index in [9.17, 15) is 13.2 Å². The quantitative estimate of drug-likeness (QED) is 0.731. The zero-order valence-electron chi connectivity index (χ0n) is 15.7. The van der Waals surface area contributed by atoms with Gasteiger partial charge in [0.2, 0.25) is 10.0 Å². The molecule has 2 heterocycles. The van der Waals surface area contributed by atoms with Gasteiger partial charge in [0.1, 0.15) is 5.76 Å². The van der Waals surface area contributed by atoms with Crippen LogP contribution >= 0.6 is 0 Å². The molecule has 0 unspecified atom stereocenters. The summed E-state index contributed by atoms with van der Waals surface area (Å²) in [6, 6.07) is 9.07.